The Bertz CT molecular complexity index is 539. The summed E-state index contributed by atoms with van der Waals surface area (Å²) in [6.07, 6.45) is 4.55. The molecule has 1 heterocycles. The van der Waals surface area contributed by atoms with E-state index in [0.29, 0.717) is 11.6 Å². The zero-order valence-electron chi connectivity index (χ0n) is 11.9. The van der Waals surface area contributed by atoms with Gasteiger partial charge in [-0.05, 0) is 38.5 Å². The molecular formula is C14H19N3O4. The molecule has 7 nitrogen and oxygen atoms in total. The number of hydrogen-bond donors (Lipinski definition) is 2. The summed E-state index contributed by atoms with van der Waals surface area (Å²) in [6.45, 7) is 1.84. The van der Waals surface area contributed by atoms with Gasteiger partial charge in [0.1, 0.15) is 6.20 Å². The molecule has 2 rings (SSSR count). The Balaban J connectivity index is 2.03. The molecule has 114 valence electrons. The van der Waals surface area contributed by atoms with Gasteiger partial charge in [-0.2, -0.15) is 0 Å². The molecule has 1 aromatic rings. The highest BCUT2D eigenvalue weighted by molar-refractivity contribution is 5.95. The van der Waals surface area contributed by atoms with Crippen LogP contribution in [0.2, 0.25) is 0 Å². The summed E-state index contributed by atoms with van der Waals surface area (Å²) in [7, 11) is 0. The summed E-state index contributed by atoms with van der Waals surface area (Å²) < 4.78 is 0. The molecule has 0 spiro atoms. The fraction of sp³-hybridized carbons (Fsp3) is 0.571. The molecule has 21 heavy (non-hydrogen) atoms. The molecule has 1 aliphatic rings. The average Bonchev–Trinajstić information content (AvgIpc) is 2.48. The first-order valence-electron chi connectivity index (χ1n) is 7.04. The highest BCUT2D eigenvalue weighted by Gasteiger charge is 2.23. The summed E-state index contributed by atoms with van der Waals surface area (Å²) in [6, 6.07) is 1.32. The van der Waals surface area contributed by atoms with Crippen molar-refractivity contribution >= 4 is 11.6 Å². The number of aromatic nitrogens is 1. The Morgan fingerprint density at radius 2 is 2.14 bits per heavy atom. The molecule has 0 saturated heterocycles. The van der Waals surface area contributed by atoms with Crippen LogP contribution < -0.4 is 5.32 Å². The molecular weight excluding hydrogens is 274 g/mol. The maximum atomic E-state index is 12.2. The summed E-state index contributed by atoms with van der Waals surface area (Å²) in [5.41, 5.74) is 0.533. The van der Waals surface area contributed by atoms with Gasteiger partial charge in [-0.15, -0.1) is 0 Å². The Kier molecular flexibility index (Phi) is 4.85. The molecule has 0 atom stereocenters. The molecule has 7 heteroatoms. The predicted molar refractivity (Wildman–Crippen MR) is 75.9 cm³/mol. The third-order valence-corrected chi connectivity index (χ3v) is 3.97. The van der Waals surface area contributed by atoms with E-state index in [4.69, 9.17) is 5.11 Å². The second-order valence-corrected chi connectivity index (χ2v) is 5.46. The molecule has 0 radical (unpaired) electrons. The summed E-state index contributed by atoms with van der Waals surface area (Å²) in [5.74, 6) is -0.00415. The van der Waals surface area contributed by atoms with E-state index >= 15 is 0 Å². The first-order chi connectivity index (χ1) is 10.0. The molecule has 1 saturated carbocycles. The van der Waals surface area contributed by atoms with Crippen molar-refractivity contribution < 1.29 is 14.8 Å². The van der Waals surface area contributed by atoms with Crippen molar-refractivity contribution in [2.75, 3.05) is 6.61 Å². The standard InChI is InChI=1S/C14H19N3O4/c1-9-13(6-12(7-15-9)17(20)21)14(19)16-11-4-2-10(8-18)3-5-11/h6-7,10-11,18H,2-5,8H2,1H3,(H,16,19). The van der Waals surface area contributed by atoms with Gasteiger partial charge in [-0.1, -0.05) is 0 Å². The molecule has 1 aliphatic carbocycles. The van der Waals surface area contributed by atoms with Crippen molar-refractivity contribution in [2.45, 2.75) is 38.6 Å². The highest BCUT2D eigenvalue weighted by atomic mass is 16.6. The van der Waals surface area contributed by atoms with E-state index in [2.05, 4.69) is 10.3 Å². The van der Waals surface area contributed by atoms with Crippen LogP contribution in [-0.4, -0.2) is 33.6 Å². The van der Waals surface area contributed by atoms with Crippen molar-refractivity contribution in [3.05, 3.63) is 33.6 Å². The lowest BCUT2D eigenvalue weighted by Crippen LogP contribution is -2.38. The number of rotatable bonds is 4. The molecule has 1 fully saturated rings. The minimum atomic E-state index is -0.560. The number of pyridine rings is 1. The van der Waals surface area contributed by atoms with Crippen LogP contribution in [0.15, 0.2) is 12.3 Å². The van der Waals surface area contributed by atoms with Crippen LogP contribution in [0.1, 0.15) is 41.7 Å². The largest absolute Gasteiger partial charge is 0.396 e. The van der Waals surface area contributed by atoms with Gasteiger partial charge in [0.2, 0.25) is 0 Å². The zero-order valence-corrected chi connectivity index (χ0v) is 11.9. The van der Waals surface area contributed by atoms with Gasteiger partial charge in [0.25, 0.3) is 11.6 Å². The molecule has 1 aromatic heterocycles. The Morgan fingerprint density at radius 3 is 2.71 bits per heavy atom. The zero-order chi connectivity index (χ0) is 15.4. The minimum absolute atomic E-state index is 0.0546. The number of amides is 1. The third-order valence-electron chi connectivity index (χ3n) is 3.97. The summed E-state index contributed by atoms with van der Waals surface area (Å²) >= 11 is 0. The fourth-order valence-corrected chi connectivity index (χ4v) is 2.60. The van der Waals surface area contributed by atoms with Crippen LogP contribution in [0.4, 0.5) is 5.69 Å². The molecule has 1 amide bonds. The van der Waals surface area contributed by atoms with Gasteiger partial charge in [-0.25, -0.2) is 0 Å². The quantitative estimate of drug-likeness (QED) is 0.647. The van der Waals surface area contributed by atoms with Crippen molar-refractivity contribution in [1.82, 2.24) is 10.3 Å². The second-order valence-electron chi connectivity index (χ2n) is 5.46. The third kappa shape index (κ3) is 3.75. The number of nitrogens with one attached hydrogen (secondary N) is 1. The van der Waals surface area contributed by atoms with Crippen LogP contribution >= 0.6 is 0 Å². The van der Waals surface area contributed by atoms with E-state index in [1.165, 1.54) is 6.07 Å². The van der Waals surface area contributed by atoms with E-state index in [0.717, 1.165) is 31.9 Å². The molecule has 0 bridgehead atoms. The lowest BCUT2D eigenvalue weighted by Gasteiger charge is -2.28. The molecule has 0 aliphatic heterocycles. The normalized spacial score (nSPS) is 21.8. The molecule has 0 aromatic carbocycles. The van der Waals surface area contributed by atoms with Crippen LogP contribution in [-0.2, 0) is 0 Å². The summed E-state index contributed by atoms with van der Waals surface area (Å²) in [4.78, 5) is 26.3. The maximum absolute atomic E-state index is 12.2. The minimum Gasteiger partial charge on any atom is -0.396 e. The maximum Gasteiger partial charge on any atom is 0.288 e. The summed E-state index contributed by atoms with van der Waals surface area (Å²) in [5, 5.41) is 22.8. The number of carbonyl (C=O) groups excluding carboxylic acids is 1. The van der Waals surface area contributed by atoms with Gasteiger partial charge in [-0.3, -0.25) is 19.9 Å². The van der Waals surface area contributed by atoms with E-state index in [1.807, 2.05) is 0 Å². The van der Waals surface area contributed by atoms with Gasteiger partial charge < -0.3 is 10.4 Å². The predicted octanol–water partition coefficient (Wildman–Crippen LogP) is 1.58. The van der Waals surface area contributed by atoms with E-state index in [9.17, 15) is 14.9 Å². The van der Waals surface area contributed by atoms with Crippen LogP contribution in [0.3, 0.4) is 0 Å². The van der Waals surface area contributed by atoms with Crippen molar-refractivity contribution in [1.29, 1.82) is 0 Å². The number of hydrogen-bond acceptors (Lipinski definition) is 5. The van der Waals surface area contributed by atoms with Gasteiger partial charge in [0, 0.05) is 18.7 Å². The smallest absolute Gasteiger partial charge is 0.288 e. The number of aryl methyl sites for hydroxylation is 1. The van der Waals surface area contributed by atoms with Crippen molar-refractivity contribution in [3.63, 3.8) is 0 Å². The van der Waals surface area contributed by atoms with Crippen LogP contribution in [0.25, 0.3) is 0 Å². The van der Waals surface area contributed by atoms with Gasteiger partial charge >= 0.3 is 0 Å². The number of nitrogens with zero attached hydrogens (tertiary/aromatic N) is 2. The van der Waals surface area contributed by atoms with E-state index < -0.39 is 4.92 Å². The van der Waals surface area contributed by atoms with Gasteiger partial charge in [0.15, 0.2) is 0 Å². The second kappa shape index (κ2) is 6.62. The lowest BCUT2D eigenvalue weighted by atomic mass is 9.86. The Labute approximate surface area is 122 Å². The number of aliphatic hydroxyl groups is 1. The average molecular weight is 293 g/mol. The van der Waals surface area contributed by atoms with Crippen molar-refractivity contribution in [2.24, 2.45) is 5.92 Å². The fourth-order valence-electron chi connectivity index (χ4n) is 2.60. The SMILES string of the molecule is Cc1ncc([N+](=O)[O-])cc1C(=O)NC1CCC(CO)CC1. The lowest BCUT2D eigenvalue weighted by molar-refractivity contribution is -0.385. The van der Waals surface area contributed by atoms with Crippen LogP contribution in [0.5, 0.6) is 0 Å². The van der Waals surface area contributed by atoms with E-state index in [-0.39, 0.29) is 29.8 Å². The van der Waals surface area contributed by atoms with Gasteiger partial charge in [0.05, 0.1) is 16.2 Å². The van der Waals surface area contributed by atoms with E-state index in [1.54, 1.807) is 6.92 Å². The first-order valence-corrected chi connectivity index (χ1v) is 7.04. The highest BCUT2D eigenvalue weighted by Crippen LogP contribution is 2.24. The number of nitro groups is 1. The first kappa shape index (κ1) is 15.4. The Hall–Kier alpha value is -2.02. The number of aliphatic hydroxyl groups excluding tert-OH is 1. The molecule has 2 N–H and O–H groups in total. The molecule has 0 unspecified atom stereocenters. The Morgan fingerprint density at radius 1 is 1.48 bits per heavy atom. The topological polar surface area (TPSA) is 105 Å². The van der Waals surface area contributed by atoms with Crippen molar-refractivity contribution in [3.8, 4) is 0 Å². The monoisotopic (exact) mass is 293 g/mol. The van der Waals surface area contributed by atoms with Crippen LogP contribution in [0, 0.1) is 23.0 Å². The number of carbonyl (C=O) groups is 1.